The van der Waals surface area contributed by atoms with Crippen molar-refractivity contribution >= 4 is 23.3 Å². The van der Waals surface area contributed by atoms with Gasteiger partial charge in [-0.05, 0) is 29.8 Å². The van der Waals surface area contributed by atoms with Gasteiger partial charge in [0.15, 0.2) is 0 Å². The van der Waals surface area contributed by atoms with Gasteiger partial charge in [0.2, 0.25) is 5.91 Å². The summed E-state index contributed by atoms with van der Waals surface area (Å²) >= 11 is 5.95. The van der Waals surface area contributed by atoms with Gasteiger partial charge in [-0.2, -0.15) is 5.26 Å². The highest BCUT2D eigenvalue weighted by Crippen LogP contribution is 2.38. The molecule has 0 bridgehead atoms. The molecule has 4 rings (SSSR count). The van der Waals surface area contributed by atoms with Gasteiger partial charge in [-0.1, -0.05) is 41.9 Å². The van der Waals surface area contributed by atoms with Gasteiger partial charge in [-0.15, -0.1) is 0 Å². The highest BCUT2D eigenvalue weighted by atomic mass is 35.5. The van der Waals surface area contributed by atoms with E-state index in [1.807, 2.05) is 24.3 Å². The first-order valence-electron chi connectivity index (χ1n) is 7.96. The third kappa shape index (κ3) is 2.50. The maximum absolute atomic E-state index is 13.1. The second-order valence-corrected chi connectivity index (χ2v) is 6.44. The predicted octanol–water partition coefficient (Wildman–Crippen LogP) is 3.04. The van der Waals surface area contributed by atoms with E-state index in [0.29, 0.717) is 27.7 Å². The molecule has 2 heterocycles. The molecule has 0 fully saturated rings. The summed E-state index contributed by atoms with van der Waals surface area (Å²) < 4.78 is 1.37. The number of nitriles is 1. The van der Waals surface area contributed by atoms with Gasteiger partial charge in [0.25, 0.3) is 5.56 Å². The molecule has 7 heteroatoms. The summed E-state index contributed by atoms with van der Waals surface area (Å²) in [6.07, 6.45) is 0. The Morgan fingerprint density at radius 3 is 2.38 bits per heavy atom. The van der Waals surface area contributed by atoms with Crippen LogP contribution in [-0.4, -0.2) is 15.7 Å². The molecule has 1 amide bonds. The van der Waals surface area contributed by atoms with Crippen molar-refractivity contribution in [2.75, 3.05) is 5.32 Å². The van der Waals surface area contributed by atoms with Crippen molar-refractivity contribution in [3.63, 3.8) is 0 Å². The number of hydrogen-bond donors (Lipinski definition) is 2. The second kappa shape index (κ2) is 6.21. The number of nitrogens with zero attached hydrogens (tertiary/aromatic N) is 2. The number of aromatic nitrogens is 2. The van der Waals surface area contributed by atoms with E-state index in [4.69, 9.17) is 11.6 Å². The fourth-order valence-electron chi connectivity index (χ4n) is 3.27. The minimum Gasteiger partial charge on any atom is -0.310 e. The van der Waals surface area contributed by atoms with Crippen molar-refractivity contribution in [3.8, 4) is 11.8 Å². The van der Waals surface area contributed by atoms with E-state index >= 15 is 0 Å². The van der Waals surface area contributed by atoms with Crippen molar-refractivity contribution in [3.05, 3.63) is 81.1 Å². The number of nitrogens with one attached hydrogen (secondary N) is 2. The molecule has 2 aromatic carbocycles. The maximum atomic E-state index is 13.1. The molecule has 0 spiro atoms. The van der Waals surface area contributed by atoms with Gasteiger partial charge in [-0.3, -0.25) is 14.7 Å². The van der Waals surface area contributed by atoms with Gasteiger partial charge < -0.3 is 5.32 Å². The highest BCUT2D eigenvalue weighted by Gasteiger charge is 2.41. The van der Waals surface area contributed by atoms with Crippen LogP contribution in [0.15, 0.2) is 59.4 Å². The summed E-state index contributed by atoms with van der Waals surface area (Å²) in [5, 5.41) is 15.7. The summed E-state index contributed by atoms with van der Waals surface area (Å²) in [4.78, 5) is 25.5. The van der Waals surface area contributed by atoms with Crippen molar-refractivity contribution in [1.29, 1.82) is 5.26 Å². The number of aromatic amines is 1. The van der Waals surface area contributed by atoms with Gasteiger partial charge in [0.1, 0.15) is 11.7 Å². The predicted molar refractivity (Wildman–Crippen MR) is 97.4 cm³/mol. The summed E-state index contributed by atoms with van der Waals surface area (Å²) in [6.45, 7) is 0. The van der Waals surface area contributed by atoms with E-state index in [1.54, 1.807) is 36.4 Å². The number of halogens is 1. The Bertz CT molecular complexity index is 1080. The lowest BCUT2D eigenvalue weighted by Crippen LogP contribution is -2.35. The third-order valence-electron chi connectivity index (χ3n) is 4.48. The van der Waals surface area contributed by atoms with Crippen LogP contribution < -0.4 is 10.9 Å². The van der Waals surface area contributed by atoms with Crippen molar-refractivity contribution in [2.45, 2.75) is 5.92 Å². The average molecular weight is 365 g/mol. The van der Waals surface area contributed by atoms with E-state index in [1.165, 1.54) is 4.68 Å². The number of rotatable bonds is 2. The Morgan fingerprint density at radius 1 is 1.04 bits per heavy atom. The molecule has 0 saturated heterocycles. The van der Waals surface area contributed by atoms with E-state index < -0.39 is 17.7 Å². The van der Waals surface area contributed by atoms with Crippen LogP contribution in [0.3, 0.4) is 0 Å². The molecule has 128 valence electrons. The number of benzene rings is 2. The van der Waals surface area contributed by atoms with Crippen LogP contribution in [0.2, 0.25) is 5.02 Å². The largest absolute Gasteiger partial charge is 0.310 e. The zero-order valence-corrected chi connectivity index (χ0v) is 14.2. The first kappa shape index (κ1) is 16.2. The molecular formula is C19H13ClN4O2. The van der Waals surface area contributed by atoms with Crippen LogP contribution >= 0.6 is 11.6 Å². The molecule has 3 aromatic rings. The molecule has 2 N–H and O–H groups in total. The molecule has 26 heavy (non-hydrogen) atoms. The van der Waals surface area contributed by atoms with Crippen LogP contribution in [0, 0.1) is 17.2 Å². The van der Waals surface area contributed by atoms with Crippen LogP contribution in [0.5, 0.6) is 0 Å². The lowest BCUT2D eigenvalue weighted by molar-refractivity contribution is -0.119. The van der Waals surface area contributed by atoms with E-state index in [-0.39, 0.29) is 5.56 Å². The van der Waals surface area contributed by atoms with Gasteiger partial charge in [0, 0.05) is 10.9 Å². The molecule has 0 saturated carbocycles. The second-order valence-electron chi connectivity index (χ2n) is 6.00. The minimum absolute atomic E-state index is 0.300. The lowest BCUT2D eigenvalue weighted by Gasteiger charge is -2.26. The molecule has 0 radical (unpaired) electrons. The Balaban J connectivity index is 1.94. The number of carbonyl (C=O) groups excluding carboxylic acids is 1. The number of fused-ring (bicyclic) bond motifs is 1. The number of carbonyl (C=O) groups is 1. The van der Waals surface area contributed by atoms with Crippen molar-refractivity contribution in [2.24, 2.45) is 5.92 Å². The molecular weight excluding hydrogens is 352 g/mol. The SMILES string of the molecule is N#C[C@@H]1C(=O)Nc2[nH]n(-c3ccccc3)c(=O)c2[C@@H]1c1ccc(Cl)cc1. The molecule has 2 atom stereocenters. The fourth-order valence-corrected chi connectivity index (χ4v) is 3.40. The van der Waals surface area contributed by atoms with E-state index in [9.17, 15) is 14.9 Å². The maximum Gasteiger partial charge on any atom is 0.277 e. The Hall–Kier alpha value is -3.30. The lowest BCUT2D eigenvalue weighted by atomic mass is 9.79. The number of amides is 1. The summed E-state index contributed by atoms with van der Waals surface area (Å²) in [5.41, 5.74) is 1.39. The quantitative estimate of drug-likeness (QED) is 0.732. The van der Waals surface area contributed by atoms with E-state index in [0.717, 1.165) is 0 Å². The Kier molecular flexibility index (Phi) is 3.86. The van der Waals surface area contributed by atoms with Crippen LogP contribution in [-0.2, 0) is 4.79 Å². The summed E-state index contributed by atoms with van der Waals surface area (Å²) in [7, 11) is 0. The van der Waals surface area contributed by atoms with E-state index in [2.05, 4.69) is 10.4 Å². The smallest absolute Gasteiger partial charge is 0.277 e. The van der Waals surface area contributed by atoms with Crippen LogP contribution in [0.25, 0.3) is 5.69 Å². The van der Waals surface area contributed by atoms with Crippen molar-refractivity contribution < 1.29 is 4.79 Å². The molecule has 0 aliphatic carbocycles. The minimum atomic E-state index is -1.00. The Labute approximate surface area is 153 Å². The number of anilines is 1. The first-order valence-corrected chi connectivity index (χ1v) is 8.34. The number of H-pyrrole nitrogens is 1. The summed E-state index contributed by atoms with van der Waals surface area (Å²) in [5.74, 6) is -1.80. The molecule has 1 aliphatic heterocycles. The molecule has 0 unspecified atom stereocenters. The standard InChI is InChI=1S/C19H13ClN4O2/c20-12-8-6-11(7-9-12)15-14(10-21)18(25)22-17-16(15)19(26)24(23-17)13-4-2-1-3-5-13/h1-9,14-15,23H,(H,22,25)/t14-,15+/m0/s1. The zero-order valence-electron chi connectivity index (χ0n) is 13.4. The highest BCUT2D eigenvalue weighted by molar-refractivity contribution is 6.30. The molecule has 6 nitrogen and oxygen atoms in total. The Morgan fingerprint density at radius 2 is 1.73 bits per heavy atom. The number of hydrogen-bond acceptors (Lipinski definition) is 3. The van der Waals surface area contributed by atoms with Gasteiger partial charge in [-0.25, -0.2) is 4.68 Å². The fraction of sp³-hybridized carbons (Fsp3) is 0.105. The first-order chi connectivity index (χ1) is 12.6. The van der Waals surface area contributed by atoms with Gasteiger partial charge in [0.05, 0.1) is 17.3 Å². The topological polar surface area (TPSA) is 90.7 Å². The van der Waals surface area contributed by atoms with Crippen molar-refractivity contribution in [1.82, 2.24) is 9.78 Å². The monoisotopic (exact) mass is 364 g/mol. The zero-order chi connectivity index (χ0) is 18.3. The third-order valence-corrected chi connectivity index (χ3v) is 4.74. The van der Waals surface area contributed by atoms with Gasteiger partial charge >= 0.3 is 0 Å². The number of para-hydroxylation sites is 1. The molecule has 1 aliphatic rings. The average Bonchev–Trinajstić information content (AvgIpc) is 2.98. The van der Waals surface area contributed by atoms with Crippen LogP contribution in [0.4, 0.5) is 5.82 Å². The molecule has 1 aromatic heterocycles. The summed E-state index contributed by atoms with van der Waals surface area (Å²) in [6, 6.07) is 17.9. The normalized spacial score (nSPS) is 18.7. The van der Waals surface area contributed by atoms with Crippen LogP contribution in [0.1, 0.15) is 17.0 Å².